The van der Waals surface area contributed by atoms with E-state index in [-0.39, 0.29) is 17.8 Å². The zero-order chi connectivity index (χ0) is 18.9. The van der Waals surface area contributed by atoms with E-state index < -0.39 is 5.54 Å². The lowest BCUT2D eigenvalue weighted by Gasteiger charge is -2.32. The summed E-state index contributed by atoms with van der Waals surface area (Å²) in [6.45, 7) is 2.10. The third-order valence-corrected chi connectivity index (χ3v) is 5.82. The second kappa shape index (κ2) is 7.18. The third kappa shape index (κ3) is 3.25. The van der Waals surface area contributed by atoms with E-state index >= 15 is 0 Å². The lowest BCUT2D eigenvalue weighted by Crippen LogP contribution is -2.57. The van der Waals surface area contributed by atoms with Gasteiger partial charge in [-0.1, -0.05) is 48.5 Å². The maximum atomic E-state index is 13.3. The molecule has 0 bridgehead atoms. The molecule has 0 aromatic heterocycles. The minimum Gasteiger partial charge on any atom is -0.464 e. The maximum Gasteiger partial charge on any atom is 0.332 e. The average Bonchev–Trinajstić information content (AvgIpc) is 3.07. The molecule has 0 fully saturated rings. The van der Waals surface area contributed by atoms with Crippen molar-refractivity contribution in [1.29, 1.82) is 0 Å². The zero-order valence-corrected chi connectivity index (χ0v) is 15.7. The van der Waals surface area contributed by atoms with E-state index in [1.54, 1.807) is 6.92 Å². The van der Waals surface area contributed by atoms with E-state index in [1.807, 2.05) is 42.5 Å². The van der Waals surface area contributed by atoms with Crippen LogP contribution in [0, 0.1) is 0 Å². The Morgan fingerprint density at radius 3 is 2.33 bits per heavy atom. The Bertz CT molecular complexity index is 848. The third-order valence-electron chi connectivity index (χ3n) is 5.82. The molecule has 140 valence electrons. The summed E-state index contributed by atoms with van der Waals surface area (Å²) in [4.78, 5) is 26.1. The average molecular weight is 363 g/mol. The van der Waals surface area contributed by atoms with Crippen LogP contribution in [0.5, 0.6) is 0 Å². The van der Waals surface area contributed by atoms with Gasteiger partial charge in [0.2, 0.25) is 5.91 Å². The Morgan fingerprint density at radius 1 is 1.04 bits per heavy atom. The molecule has 1 amide bonds. The predicted molar refractivity (Wildman–Crippen MR) is 103 cm³/mol. The molecule has 0 saturated heterocycles. The molecule has 2 aliphatic carbocycles. The summed E-state index contributed by atoms with van der Waals surface area (Å²) in [6.07, 6.45) is 3.79. The number of hydrogen-bond donors (Lipinski definition) is 1. The van der Waals surface area contributed by atoms with Crippen molar-refractivity contribution in [1.82, 2.24) is 5.32 Å². The summed E-state index contributed by atoms with van der Waals surface area (Å²) in [6, 6.07) is 16.1. The first-order chi connectivity index (χ1) is 13.1. The van der Waals surface area contributed by atoms with Gasteiger partial charge in [0.15, 0.2) is 0 Å². The fraction of sp³-hybridized carbons (Fsp3) is 0.391. The Labute approximate surface area is 159 Å². The number of esters is 1. The molecule has 2 aliphatic rings. The second-order valence-corrected chi connectivity index (χ2v) is 7.56. The van der Waals surface area contributed by atoms with Crippen molar-refractivity contribution < 1.29 is 14.3 Å². The number of aryl methyl sites for hydroxylation is 1. The molecule has 2 aromatic rings. The van der Waals surface area contributed by atoms with Gasteiger partial charge in [0, 0.05) is 12.8 Å². The van der Waals surface area contributed by atoms with Gasteiger partial charge in [-0.3, -0.25) is 4.79 Å². The predicted octanol–water partition coefficient (Wildman–Crippen LogP) is 3.32. The van der Waals surface area contributed by atoms with E-state index in [0.29, 0.717) is 19.4 Å². The summed E-state index contributed by atoms with van der Waals surface area (Å²) in [5.41, 5.74) is 3.55. The highest BCUT2D eigenvalue weighted by Gasteiger charge is 2.47. The highest BCUT2D eigenvalue weighted by Crippen LogP contribution is 2.35. The Morgan fingerprint density at radius 2 is 1.67 bits per heavy atom. The van der Waals surface area contributed by atoms with Gasteiger partial charge in [0.1, 0.15) is 5.54 Å². The molecule has 4 nitrogen and oxygen atoms in total. The molecule has 1 atom stereocenters. The number of benzene rings is 2. The molecule has 1 N–H and O–H groups in total. The van der Waals surface area contributed by atoms with Crippen molar-refractivity contribution in [3.8, 4) is 0 Å². The summed E-state index contributed by atoms with van der Waals surface area (Å²) in [7, 11) is 0. The normalized spacial score (nSPS) is 19.7. The van der Waals surface area contributed by atoms with Gasteiger partial charge >= 0.3 is 5.97 Å². The molecule has 0 heterocycles. The van der Waals surface area contributed by atoms with Crippen molar-refractivity contribution in [2.75, 3.05) is 6.61 Å². The smallest absolute Gasteiger partial charge is 0.332 e. The SMILES string of the molecule is CCOC(=O)C1(NC(=O)[C@H]2CCCc3ccccc32)Cc2ccccc2C1. The summed E-state index contributed by atoms with van der Waals surface area (Å²) < 4.78 is 5.36. The minimum absolute atomic E-state index is 0.0667. The number of hydrogen-bond acceptors (Lipinski definition) is 3. The van der Waals surface area contributed by atoms with E-state index in [0.717, 1.165) is 36.0 Å². The second-order valence-electron chi connectivity index (χ2n) is 7.56. The van der Waals surface area contributed by atoms with Crippen LogP contribution in [-0.2, 0) is 33.6 Å². The van der Waals surface area contributed by atoms with Crippen LogP contribution >= 0.6 is 0 Å². The Balaban J connectivity index is 1.62. The molecular weight excluding hydrogens is 338 g/mol. The Kier molecular flexibility index (Phi) is 4.73. The van der Waals surface area contributed by atoms with Gasteiger partial charge in [-0.05, 0) is 48.4 Å². The van der Waals surface area contributed by atoms with Crippen molar-refractivity contribution >= 4 is 11.9 Å². The van der Waals surface area contributed by atoms with Gasteiger partial charge in [-0.15, -0.1) is 0 Å². The first-order valence-corrected chi connectivity index (χ1v) is 9.77. The standard InChI is InChI=1S/C23H25NO3/c1-2-27-22(26)23(14-17-9-3-4-10-18(17)15-23)24-21(25)20-13-7-11-16-8-5-6-12-19(16)20/h3-6,8-10,12,20H,2,7,11,13-15H2,1H3,(H,24,25)/t20-/m0/s1. The number of ether oxygens (including phenoxy) is 1. The van der Waals surface area contributed by atoms with Gasteiger partial charge in [-0.25, -0.2) is 4.79 Å². The summed E-state index contributed by atoms with van der Waals surface area (Å²) in [5.74, 6) is -0.605. The number of carbonyl (C=O) groups excluding carboxylic acids is 2. The fourth-order valence-electron chi connectivity index (χ4n) is 4.52. The quantitative estimate of drug-likeness (QED) is 0.848. The van der Waals surface area contributed by atoms with Crippen molar-refractivity contribution in [3.63, 3.8) is 0 Å². The van der Waals surface area contributed by atoms with Crippen LogP contribution < -0.4 is 5.32 Å². The molecule has 4 heteroatoms. The summed E-state index contributed by atoms with van der Waals surface area (Å²) in [5, 5.41) is 3.12. The van der Waals surface area contributed by atoms with Gasteiger partial charge in [-0.2, -0.15) is 0 Å². The van der Waals surface area contributed by atoms with Crippen molar-refractivity contribution in [3.05, 3.63) is 70.8 Å². The first kappa shape index (κ1) is 17.8. The highest BCUT2D eigenvalue weighted by molar-refractivity contribution is 5.92. The van der Waals surface area contributed by atoms with Crippen molar-refractivity contribution in [2.45, 2.75) is 50.5 Å². The Hall–Kier alpha value is -2.62. The van der Waals surface area contributed by atoms with Crippen LogP contribution in [0.4, 0.5) is 0 Å². The molecule has 4 rings (SSSR count). The maximum absolute atomic E-state index is 13.3. The van der Waals surface area contributed by atoms with Crippen LogP contribution in [0.2, 0.25) is 0 Å². The molecule has 0 spiro atoms. The number of carbonyl (C=O) groups is 2. The van der Waals surface area contributed by atoms with E-state index in [4.69, 9.17) is 4.74 Å². The molecule has 27 heavy (non-hydrogen) atoms. The first-order valence-electron chi connectivity index (χ1n) is 9.77. The van der Waals surface area contributed by atoms with Crippen LogP contribution in [0.15, 0.2) is 48.5 Å². The van der Waals surface area contributed by atoms with E-state index in [1.165, 1.54) is 5.56 Å². The van der Waals surface area contributed by atoms with Crippen molar-refractivity contribution in [2.24, 2.45) is 0 Å². The largest absolute Gasteiger partial charge is 0.464 e. The van der Waals surface area contributed by atoms with Gasteiger partial charge in [0.05, 0.1) is 12.5 Å². The van der Waals surface area contributed by atoms with E-state index in [2.05, 4.69) is 11.4 Å². The summed E-state index contributed by atoms with van der Waals surface area (Å²) >= 11 is 0. The molecular formula is C23H25NO3. The molecule has 0 radical (unpaired) electrons. The molecule has 0 unspecified atom stereocenters. The molecule has 2 aromatic carbocycles. The van der Waals surface area contributed by atoms with Crippen LogP contribution in [0.1, 0.15) is 47.9 Å². The highest BCUT2D eigenvalue weighted by atomic mass is 16.5. The van der Waals surface area contributed by atoms with Crippen LogP contribution in [-0.4, -0.2) is 24.0 Å². The number of fused-ring (bicyclic) bond motifs is 2. The van der Waals surface area contributed by atoms with Gasteiger partial charge in [0.25, 0.3) is 0 Å². The lowest BCUT2D eigenvalue weighted by atomic mass is 9.81. The van der Waals surface area contributed by atoms with Crippen LogP contribution in [0.25, 0.3) is 0 Å². The lowest BCUT2D eigenvalue weighted by molar-refractivity contribution is -0.153. The minimum atomic E-state index is -0.997. The number of nitrogens with one attached hydrogen (secondary N) is 1. The number of amides is 1. The zero-order valence-electron chi connectivity index (χ0n) is 15.7. The van der Waals surface area contributed by atoms with E-state index in [9.17, 15) is 9.59 Å². The molecule has 0 saturated carbocycles. The fourth-order valence-corrected chi connectivity index (χ4v) is 4.52. The topological polar surface area (TPSA) is 55.4 Å². The number of rotatable bonds is 4. The monoisotopic (exact) mass is 363 g/mol. The van der Waals surface area contributed by atoms with Gasteiger partial charge < -0.3 is 10.1 Å². The van der Waals surface area contributed by atoms with Crippen LogP contribution in [0.3, 0.4) is 0 Å². The molecule has 0 aliphatic heterocycles.